The monoisotopic (exact) mass is 238 g/mol. The lowest BCUT2D eigenvalue weighted by Crippen LogP contribution is -2.45. The van der Waals surface area contributed by atoms with Crippen LogP contribution < -0.4 is 5.32 Å². The molecule has 1 aliphatic carbocycles. The lowest BCUT2D eigenvalue weighted by molar-refractivity contribution is -0.0111. The molecule has 5 heteroatoms. The third-order valence-corrected chi connectivity index (χ3v) is 3.31. The second kappa shape index (κ2) is 4.87. The fraction of sp³-hybridized carbons (Fsp3) is 0.667. The van der Waals surface area contributed by atoms with E-state index in [-0.39, 0.29) is 18.2 Å². The molecule has 1 fully saturated rings. The van der Waals surface area contributed by atoms with Crippen LogP contribution in [0.25, 0.3) is 0 Å². The number of hydrogen-bond donors (Lipinski definition) is 2. The maximum atomic E-state index is 11.6. The third-order valence-electron chi connectivity index (χ3n) is 3.31. The summed E-state index contributed by atoms with van der Waals surface area (Å²) in [5, 5.41) is 16.5. The zero-order chi connectivity index (χ0) is 12.3. The van der Waals surface area contributed by atoms with Crippen LogP contribution in [0.15, 0.2) is 16.8 Å². The Bertz CT molecular complexity index is 377. The molecule has 2 N–H and O–H groups in total. The minimum atomic E-state index is -0.770. The van der Waals surface area contributed by atoms with E-state index in [4.69, 9.17) is 4.52 Å². The first kappa shape index (κ1) is 12.1. The number of nitrogens with zero attached hydrogens (tertiary/aromatic N) is 1. The molecule has 94 valence electrons. The lowest BCUT2D eigenvalue weighted by atomic mass is 9.79. The zero-order valence-corrected chi connectivity index (χ0v) is 9.98. The minimum Gasteiger partial charge on any atom is -0.388 e. The summed E-state index contributed by atoms with van der Waals surface area (Å²) >= 11 is 0. The van der Waals surface area contributed by atoms with Crippen LogP contribution in [0, 0.1) is 5.92 Å². The van der Waals surface area contributed by atoms with Crippen LogP contribution >= 0.6 is 0 Å². The maximum absolute atomic E-state index is 11.6. The number of hydrogen-bond acceptors (Lipinski definition) is 4. The first-order valence-electron chi connectivity index (χ1n) is 6.00. The number of amides is 1. The van der Waals surface area contributed by atoms with Crippen LogP contribution in [0.1, 0.15) is 43.2 Å². The van der Waals surface area contributed by atoms with Crippen LogP contribution in [0.4, 0.5) is 0 Å². The smallest absolute Gasteiger partial charge is 0.289 e. The number of nitrogens with one attached hydrogen (secondary N) is 1. The van der Waals surface area contributed by atoms with E-state index in [0.717, 1.165) is 25.7 Å². The van der Waals surface area contributed by atoms with E-state index in [0.29, 0.717) is 5.92 Å². The molecule has 2 rings (SSSR count). The Morgan fingerprint density at radius 2 is 2.59 bits per heavy atom. The van der Waals surface area contributed by atoms with Gasteiger partial charge in [0.2, 0.25) is 5.76 Å². The second-order valence-corrected chi connectivity index (χ2v) is 4.99. The van der Waals surface area contributed by atoms with E-state index in [2.05, 4.69) is 17.4 Å². The van der Waals surface area contributed by atoms with Gasteiger partial charge in [0.05, 0.1) is 11.8 Å². The van der Waals surface area contributed by atoms with Gasteiger partial charge in [-0.3, -0.25) is 4.79 Å². The average Bonchev–Trinajstić information content (AvgIpc) is 2.79. The Morgan fingerprint density at radius 3 is 3.24 bits per heavy atom. The molecule has 0 aromatic carbocycles. The fourth-order valence-electron chi connectivity index (χ4n) is 2.46. The minimum absolute atomic E-state index is 0.178. The van der Waals surface area contributed by atoms with Crippen molar-refractivity contribution in [3.05, 3.63) is 18.0 Å². The van der Waals surface area contributed by atoms with Gasteiger partial charge in [-0.1, -0.05) is 24.9 Å². The lowest BCUT2D eigenvalue weighted by Gasteiger charge is -2.35. The number of carbonyl (C=O) groups is 1. The van der Waals surface area contributed by atoms with Crippen LogP contribution in [-0.2, 0) is 0 Å². The summed E-state index contributed by atoms with van der Waals surface area (Å²) in [5.41, 5.74) is -0.770. The molecule has 17 heavy (non-hydrogen) atoms. The van der Waals surface area contributed by atoms with Crippen molar-refractivity contribution in [2.24, 2.45) is 5.92 Å². The van der Waals surface area contributed by atoms with Gasteiger partial charge >= 0.3 is 0 Å². The quantitative estimate of drug-likeness (QED) is 0.833. The van der Waals surface area contributed by atoms with Gasteiger partial charge in [-0.25, -0.2) is 0 Å². The van der Waals surface area contributed by atoms with Gasteiger partial charge in [-0.05, 0) is 18.8 Å². The molecule has 0 radical (unpaired) electrons. The summed E-state index contributed by atoms with van der Waals surface area (Å²) in [5.74, 6) is 0.363. The summed E-state index contributed by atoms with van der Waals surface area (Å²) in [6, 6.07) is 1.50. The van der Waals surface area contributed by atoms with E-state index < -0.39 is 5.60 Å². The van der Waals surface area contributed by atoms with Gasteiger partial charge in [0.15, 0.2) is 0 Å². The van der Waals surface area contributed by atoms with Gasteiger partial charge in [0.1, 0.15) is 0 Å². The van der Waals surface area contributed by atoms with Crippen molar-refractivity contribution in [1.29, 1.82) is 0 Å². The van der Waals surface area contributed by atoms with Crippen molar-refractivity contribution in [3.63, 3.8) is 0 Å². The van der Waals surface area contributed by atoms with E-state index in [1.807, 2.05) is 0 Å². The molecule has 0 bridgehead atoms. The van der Waals surface area contributed by atoms with Gasteiger partial charge < -0.3 is 14.9 Å². The Balaban J connectivity index is 1.87. The van der Waals surface area contributed by atoms with E-state index in [1.54, 1.807) is 0 Å². The predicted octanol–water partition coefficient (Wildman–Crippen LogP) is 1.35. The SMILES string of the molecule is CC1CCCC(O)(CNC(=O)c2ccno2)C1. The molecule has 0 saturated heterocycles. The molecular weight excluding hydrogens is 220 g/mol. The highest BCUT2D eigenvalue weighted by Gasteiger charge is 2.33. The topological polar surface area (TPSA) is 75.4 Å². The highest BCUT2D eigenvalue weighted by Crippen LogP contribution is 2.31. The number of aliphatic hydroxyl groups is 1. The van der Waals surface area contributed by atoms with Crippen molar-refractivity contribution in [3.8, 4) is 0 Å². The normalized spacial score (nSPS) is 28.9. The van der Waals surface area contributed by atoms with Gasteiger partial charge in [-0.15, -0.1) is 0 Å². The average molecular weight is 238 g/mol. The largest absolute Gasteiger partial charge is 0.388 e. The summed E-state index contributed by atoms with van der Waals surface area (Å²) in [6.07, 6.45) is 5.07. The molecule has 0 spiro atoms. The summed E-state index contributed by atoms with van der Waals surface area (Å²) < 4.78 is 4.75. The predicted molar refractivity (Wildman–Crippen MR) is 61.4 cm³/mol. The van der Waals surface area contributed by atoms with Crippen LogP contribution in [0.5, 0.6) is 0 Å². The van der Waals surface area contributed by atoms with E-state index in [9.17, 15) is 9.90 Å². The molecule has 5 nitrogen and oxygen atoms in total. The van der Waals surface area contributed by atoms with Gasteiger partial charge in [-0.2, -0.15) is 0 Å². The second-order valence-electron chi connectivity index (χ2n) is 4.99. The molecule has 0 aliphatic heterocycles. The molecule has 1 aromatic rings. The molecule has 1 aromatic heterocycles. The zero-order valence-electron chi connectivity index (χ0n) is 9.98. The first-order valence-corrected chi connectivity index (χ1v) is 6.00. The van der Waals surface area contributed by atoms with Gasteiger partial charge in [0.25, 0.3) is 5.91 Å². The van der Waals surface area contributed by atoms with Gasteiger partial charge in [0, 0.05) is 12.6 Å². The molecule has 1 saturated carbocycles. The number of aromatic nitrogens is 1. The van der Waals surface area contributed by atoms with E-state index >= 15 is 0 Å². The summed E-state index contributed by atoms with van der Waals surface area (Å²) in [7, 11) is 0. The standard InChI is InChI=1S/C12H18N2O3/c1-9-3-2-5-12(16,7-9)8-13-11(15)10-4-6-14-17-10/h4,6,9,16H,2-3,5,7-8H2,1H3,(H,13,15). The molecule has 2 unspecified atom stereocenters. The Kier molecular flexibility index (Phi) is 3.47. The molecule has 2 atom stereocenters. The number of carbonyl (C=O) groups excluding carboxylic acids is 1. The summed E-state index contributed by atoms with van der Waals surface area (Å²) in [6.45, 7) is 2.40. The molecular formula is C12H18N2O3. The van der Waals surface area contributed by atoms with Crippen molar-refractivity contribution < 1.29 is 14.4 Å². The van der Waals surface area contributed by atoms with Crippen LogP contribution in [0.3, 0.4) is 0 Å². The van der Waals surface area contributed by atoms with Crippen LogP contribution in [0.2, 0.25) is 0 Å². The van der Waals surface area contributed by atoms with E-state index in [1.165, 1.54) is 12.3 Å². The third kappa shape index (κ3) is 3.06. The molecule has 1 heterocycles. The van der Waals surface area contributed by atoms with Crippen molar-refractivity contribution in [1.82, 2.24) is 10.5 Å². The van der Waals surface area contributed by atoms with Crippen LogP contribution in [-0.4, -0.2) is 28.3 Å². The Morgan fingerprint density at radius 1 is 1.76 bits per heavy atom. The van der Waals surface area contributed by atoms with Crippen molar-refractivity contribution in [2.45, 2.75) is 38.2 Å². The maximum Gasteiger partial charge on any atom is 0.289 e. The molecule has 1 aliphatic rings. The highest BCUT2D eigenvalue weighted by atomic mass is 16.5. The summed E-state index contributed by atoms with van der Waals surface area (Å²) in [4.78, 5) is 11.6. The Labute approximate surface area is 100 Å². The van der Waals surface area contributed by atoms with Crippen molar-refractivity contribution in [2.75, 3.05) is 6.54 Å². The number of rotatable bonds is 3. The molecule has 1 amide bonds. The first-order chi connectivity index (χ1) is 8.09. The van der Waals surface area contributed by atoms with Crippen molar-refractivity contribution >= 4 is 5.91 Å². The Hall–Kier alpha value is -1.36. The fourth-order valence-corrected chi connectivity index (χ4v) is 2.46. The highest BCUT2D eigenvalue weighted by molar-refractivity contribution is 5.91.